The first-order valence-corrected chi connectivity index (χ1v) is 9.05. The molecule has 2 aliphatic rings. The van der Waals surface area contributed by atoms with E-state index in [9.17, 15) is 9.59 Å². The van der Waals surface area contributed by atoms with Crippen LogP contribution in [0.4, 0.5) is 11.4 Å². The SMILES string of the molecule is CC=C1N(C)c2cc(C(C)=O)c(C(=O)OCC)cc2N1C1CCCC1. The normalized spacial score (nSPS) is 18.8. The van der Waals surface area contributed by atoms with Gasteiger partial charge < -0.3 is 14.5 Å². The molecule has 134 valence electrons. The number of ketones is 1. The Morgan fingerprint density at radius 2 is 1.84 bits per heavy atom. The van der Waals surface area contributed by atoms with E-state index < -0.39 is 5.97 Å². The minimum Gasteiger partial charge on any atom is -0.462 e. The van der Waals surface area contributed by atoms with Gasteiger partial charge in [-0.3, -0.25) is 4.79 Å². The number of ether oxygens (including phenoxy) is 1. The Bertz CT molecular complexity index is 733. The van der Waals surface area contributed by atoms with Crippen molar-refractivity contribution in [1.82, 2.24) is 0 Å². The zero-order chi connectivity index (χ0) is 18.1. The number of hydrogen-bond acceptors (Lipinski definition) is 5. The molecule has 1 aromatic rings. The topological polar surface area (TPSA) is 49.9 Å². The number of carbonyl (C=O) groups excluding carboxylic acids is 2. The molecule has 0 amide bonds. The molecule has 0 unspecified atom stereocenters. The van der Waals surface area contributed by atoms with Crippen LogP contribution in [0.2, 0.25) is 0 Å². The quantitative estimate of drug-likeness (QED) is 0.608. The molecule has 25 heavy (non-hydrogen) atoms. The summed E-state index contributed by atoms with van der Waals surface area (Å²) < 4.78 is 5.18. The first-order valence-electron chi connectivity index (χ1n) is 9.05. The number of anilines is 2. The number of fused-ring (bicyclic) bond motifs is 1. The number of nitrogens with zero attached hydrogens (tertiary/aromatic N) is 2. The standard InChI is InChI=1S/C20H26N2O3/c1-5-19-21(4)17-11-15(13(3)23)16(20(24)25-6-2)12-18(17)22(19)14-9-7-8-10-14/h5,11-12,14H,6-10H2,1-4H3. The van der Waals surface area contributed by atoms with Crippen molar-refractivity contribution in [3.05, 3.63) is 35.2 Å². The number of rotatable bonds is 4. The smallest absolute Gasteiger partial charge is 0.338 e. The first kappa shape index (κ1) is 17.5. The molecule has 0 spiro atoms. The van der Waals surface area contributed by atoms with Crippen LogP contribution in [0.1, 0.15) is 67.2 Å². The van der Waals surface area contributed by atoms with Crippen molar-refractivity contribution in [2.45, 2.75) is 52.5 Å². The van der Waals surface area contributed by atoms with Crippen LogP contribution in [-0.2, 0) is 4.74 Å². The molecule has 1 saturated carbocycles. The second-order valence-corrected chi connectivity index (χ2v) is 6.68. The molecule has 0 radical (unpaired) electrons. The van der Waals surface area contributed by atoms with Crippen molar-refractivity contribution >= 4 is 23.1 Å². The first-order chi connectivity index (χ1) is 12.0. The maximum atomic E-state index is 12.4. The predicted molar refractivity (Wildman–Crippen MR) is 99.3 cm³/mol. The number of Topliss-reactive ketones (excluding diaryl/α,β-unsaturated/α-hetero) is 1. The monoisotopic (exact) mass is 342 g/mol. The van der Waals surface area contributed by atoms with Crippen molar-refractivity contribution in [3.8, 4) is 0 Å². The molecule has 1 aliphatic heterocycles. The van der Waals surface area contributed by atoms with E-state index >= 15 is 0 Å². The molecule has 1 aromatic carbocycles. The molecular formula is C20H26N2O3. The van der Waals surface area contributed by atoms with Gasteiger partial charge in [-0.05, 0) is 51.8 Å². The number of carbonyl (C=O) groups is 2. The van der Waals surface area contributed by atoms with Gasteiger partial charge in [0, 0.05) is 18.7 Å². The van der Waals surface area contributed by atoms with Crippen LogP contribution in [0.15, 0.2) is 24.0 Å². The van der Waals surface area contributed by atoms with Crippen LogP contribution < -0.4 is 9.80 Å². The van der Waals surface area contributed by atoms with Crippen LogP contribution in [0, 0.1) is 0 Å². The number of allylic oxidation sites excluding steroid dienone is 1. The van der Waals surface area contributed by atoms with E-state index in [2.05, 4.69) is 15.9 Å². The van der Waals surface area contributed by atoms with Gasteiger partial charge in [0.2, 0.25) is 0 Å². The summed E-state index contributed by atoms with van der Waals surface area (Å²) in [7, 11) is 2.01. The van der Waals surface area contributed by atoms with Crippen molar-refractivity contribution < 1.29 is 14.3 Å². The summed E-state index contributed by atoms with van der Waals surface area (Å²) in [6, 6.07) is 4.12. The largest absolute Gasteiger partial charge is 0.462 e. The average molecular weight is 342 g/mol. The Kier molecular flexibility index (Phi) is 4.84. The molecule has 1 aliphatic carbocycles. The third-order valence-electron chi connectivity index (χ3n) is 5.15. The summed E-state index contributed by atoms with van der Waals surface area (Å²) in [5.74, 6) is 0.552. The van der Waals surface area contributed by atoms with Gasteiger partial charge in [-0.1, -0.05) is 12.8 Å². The molecule has 0 atom stereocenters. The molecule has 0 bridgehead atoms. The maximum absolute atomic E-state index is 12.4. The fourth-order valence-corrected chi connectivity index (χ4v) is 3.99. The predicted octanol–water partition coefficient (Wildman–Crippen LogP) is 4.13. The van der Waals surface area contributed by atoms with E-state index in [-0.39, 0.29) is 5.78 Å². The molecule has 1 heterocycles. The van der Waals surface area contributed by atoms with Crippen LogP contribution in [0.5, 0.6) is 0 Å². The highest BCUT2D eigenvalue weighted by Gasteiger charge is 2.36. The Morgan fingerprint density at radius 3 is 2.40 bits per heavy atom. The summed E-state index contributed by atoms with van der Waals surface area (Å²) in [4.78, 5) is 29.0. The van der Waals surface area contributed by atoms with Crippen LogP contribution >= 0.6 is 0 Å². The summed E-state index contributed by atoms with van der Waals surface area (Å²) in [5, 5.41) is 0. The second-order valence-electron chi connectivity index (χ2n) is 6.68. The Labute approximate surface area is 149 Å². The van der Waals surface area contributed by atoms with Gasteiger partial charge in [0.05, 0.1) is 23.5 Å². The van der Waals surface area contributed by atoms with Crippen molar-refractivity contribution in [2.24, 2.45) is 0 Å². The Morgan fingerprint density at radius 1 is 1.20 bits per heavy atom. The molecule has 0 aromatic heterocycles. The van der Waals surface area contributed by atoms with Gasteiger partial charge in [0.25, 0.3) is 0 Å². The molecule has 3 rings (SSSR count). The minimum atomic E-state index is -0.432. The van der Waals surface area contributed by atoms with Gasteiger partial charge in [0.1, 0.15) is 5.82 Å². The Hall–Kier alpha value is -2.30. The van der Waals surface area contributed by atoms with E-state index in [1.807, 2.05) is 26.1 Å². The van der Waals surface area contributed by atoms with E-state index in [0.717, 1.165) is 30.0 Å². The van der Waals surface area contributed by atoms with Crippen LogP contribution in [-0.4, -0.2) is 31.4 Å². The number of benzene rings is 1. The zero-order valence-electron chi connectivity index (χ0n) is 15.5. The van der Waals surface area contributed by atoms with Gasteiger partial charge >= 0.3 is 5.97 Å². The lowest BCUT2D eigenvalue weighted by molar-refractivity contribution is 0.0523. The summed E-state index contributed by atoms with van der Waals surface area (Å²) in [6.45, 7) is 5.58. The van der Waals surface area contributed by atoms with Gasteiger partial charge in [0.15, 0.2) is 5.78 Å². The van der Waals surface area contributed by atoms with E-state index in [0.29, 0.717) is 23.8 Å². The van der Waals surface area contributed by atoms with E-state index in [1.54, 1.807) is 6.92 Å². The van der Waals surface area contributed by atoms with Crippen LogP contribution in [0.3, 0.4) is 0 Å². The third kappa shape index (κ3) is 2.92. The van der Waals surface area contributed by atoms with Gasteiger partial charge in [-0.25, -0.2) is 4.79 Å². The number of esters is 1. The highest BCUT2D eigenvalue weighted by molar-refractivity contribution is 6.08. The molecule has 0 saturated heterocycles. The lowest BCUT2D eigenvalue weighted by atomic mass is 10.0. The fourth-order valence-electron chi connectivity index (χ4n) is 3.99. The molecule has 0 N–H and O–H groups in total. The minimum absolute atomic E-state index is 0.124. The summed E-state index contributed by atoms with van der Waals surface area (Å²) in [5.41, 5.74) is 2.75. The highest BCUT2D eigenvalue weighted by atomic mass is 16.5. The zero-order valence-corrected chi connectivity index (χ0v) is 15.5. The molecule has 5 nitrogen and oxygen atoms in total. The van der Waals surface area contributed by atoms with E-state index in [4.69, 9.17) is 4.74 Å². The molecule has 5 heteroatoms. The summed E-state index contributed by atoms with van der Waals surface area (Å²) in [6.07, 6.45) is 6.85. The summed E-state index contributed by atoms with van der Waals surface area (Å²) >= 11 is 0. The van der Waals surface area contributed by atoms with E-state index in [1.165, 1.54) is 19.8 Å². The highest BCUT2D eigenvalue weighted by Crippen LogP contribution is 2.46. The van der Waals surface area contributed by atoms with Crippen molar-refractivity contribution in [1.29, 1.82) is 0 Å². The van der Waals surface area contributed by atoms with Crippen molar-refractivity contribution in [3.63, 3.8) is 0 Å². The lowest BCUT2D eigenvalue weighted by Crippen LogP contribution is -2.33. The Balaban J connectivity index is 2.16. The number of hydrogen-bond donors (Lipinski definition) is 0. The van der Waals surface area contributed by atoms with Gasteiger partial charge in [-0.2, -0.15) is 0 Å². The lowest BCUT2D eigenvalue weighted by Gasteiger charge is -2.29. The maximum Gasteiger partial charge on any atom is 0.338 e. The van der Waals surface area contributed by atoms with Crippen LogP contribution in [0.25, 0.3) is 0 Å². The third-order valence-corrected chi connectivity index (χ3v) is 5.15. The second kappa shape index (κ2) is 6.90. The fraction of sp³-hybridized carbons (Fsp3) is 0.500. The van der Waals surface area contributed by atoms with Gasteiger partial charge in [-0.15, -0.1) is 0 Å². The average Bonchev–Trinajstić information content (AvgIpc) is 3.20. The molecular weight excluding hydrogens is 316 g/mol. The van der Waals surface area contributed by atoms with Crippen molar-refractivity contribution in [2.75, 3.05) is 23.5 Å². The molecule has 1 fully saturated rings.